The number of carbonyl (C=O) groups is 1. The molecule has 0 aliphatic rings. The molecular weight excluding hydrogens is 225 g/mol. The Morgan fingerprint density at radius 1 is 1.20 bits per heavy atom. The van der Waals surface area contributed by atoms with Crippen LogP contribution in [0.3, 0.4) is 0 Å². The van der Waals surface area contributed by atoms with Crippen LogP contribution in [0.15, 0.2) is 30.3 Å². The van der Waals surface area contributed by atoms with E-state index in [-0.39, 0.29) is 10.9 Å². The van der Waals surface area contributed by atoms with Gasteiger partial charge in [0, 0.05) is 11.3 Å². The molecule has 0 aliphatic heterocycles. The lowest BCUT2D eigenvalue weighted by Crippen LogP contribution is -2.09. The molecule has 1 nitrogen and oxygen atoms in total. The molecule has 82 valence electrons. The third kappa shape index (κ3) is 4.88. The lowest BCUT2D eigenvalue weighted by Gasteiger charge is -2.04. The highest BCUT2D eigenvalue weighted by atomic mass is 32.2. The number of rotatable bonds is 3. The van der Waals surface area contributed by atoms with Gasteiger partial charge in [-0.1, -0.05) is 42.1 Å². The van der Waals surface area contributed by atoms with Crippen molar-refractivity contribution in [3.05, 3.63) is 35.9 Å². The summed E-state index contributed by atoms with van der Waals surface area (Å²) in [5.74, 6) is -0.225. The molecule has 1 rings (SSSR count). The van der Waals surface area contributed by atoms with E-state index in [0.717, 1.165) is 0 Å². The predicted molar refractivity (Wildman–Crippen MR) is 53.9 cm³/mol. The van der Waals surface area contributed by atoms with Crippen LogP contribution in [0.4, 0.5) is 13.2 Å². The van der Waals surface area contributed by atoms with Crippen molar-refractivity contribution in [1.82, 2.24) is 0 Å². The maximum absolute atomic E-state index is 11.8. The van der Waals surface area contributed by atoms with E-state index < -0.39 is 12.6 Å². The minimum absolute atomic E-state index is 0.225. The molecule has 0 unspecified atom stereocenters. The standard InChI is InChI=1S/C10H9F3OS/c11-10(12,13)6-7-15-9(14)8-4-2-1-3-5-8/h1-5H,6-7H2. The third-order valence-electron chi connectivity index (χ3n) is 1.63. The Bertz CT molecular complexity index is 321. The smallest absolute Gasteiger partial charge is 0.282 e. The average Bonchev–Trinajstić information content (AvgIpc) is 2.17. The molecule has 0 bridgehead atoms. The maximum atomic E-state index is 11.8. The van der Waals surface area contributed by atoms with E-state index in [1.165, 1.54) is 0 Å². The second-order valence-electron chi connectivity index (χ2n) is 2.87. The van der Waals surface area contributed by atoms with Crippen molar-refractivity contribution >= 4 is 16.9 Å². The number of hydrogen-bond acceptors (Lipinski definition) is 2. The van der Waals surface area contributed by atoms with E-state index in [0.29, 0.717) is 17.3 Å². The average molecular weight is 234 g/mol. The minimum atomic E-state index is -4.19. The highest BCUT2D eigenvalue weighted by Crippen LogP contribution is 2.23. The summed E-state index contributed by atoms with van der Waals surface area (Å²) in [6, 6.07) is 8.28. The van der Waals surface area contributed by atoms with E-state index in [2.05, 4.69) is 0 Å². The van der Waals surface area contributed by atoms with Gasteiger partial charge in [0.05, 0.1) is 6.42 Å². The molecule has 5 heteroatoms. The zero-order valence-electron chi connectivity index (χ0n) is 7.75. The van der Waals surface area contributed by atoms with Gasteiger partial charge in [0.2, 0.25) is 5.12 Å². The van der Waals surface area contributed by atoms with Crippen molar-refractivity contribution in [3.8, 4) is 0 Å². The van der Waals surface area contributed by atoms with Crippen LogP contribution in [0.25, 0.3) is 0 Å². The molecule has 0 N–H and O–H groups in total. The van der Waals surface area contributed by atoms with Gasteiger partial charge in [-0.25, -0.2) is 0 Å². The SMILES string of the molecule is O=C(SCCC(F)(F)F)c1ccccc1. The lowest BCUT2D eigenvalue weighted by molar-refractivity contribution is -0.129. The number of carbonyl (C=O) groups excluding carboxylic acids is 1. The van der Waals surface area contributed by atoms with E-state index in [1.54, 1.807) is 30.3 Å². The predicted octanol–water partition coefficient (Wildman–Crippen LogP) is 3.51. The van der Waals surface area contributed by atoms with Gasteiger partial charge >= 0.3 is 6.18 Å². The van der Waals surface area contributed by atoms with Gasteiger partial charge in [-0.3, -0.25) is 4.79 Å². The Morgan fingerprint density at radius 2 is 1.80 bits per heavy atom. The summed E-state index contributed by atoms with van der Waals surface area (Å²) >= 11 is 0.697. The summed E-state index contributed by atoms with van der Waals surface area (Å²) in [5.41, 5.74) is 0.435. The molecule has 0 spiro atoms. The van der Waals surface area contributed by atoms with Crippen LogP contribution in [0.1, 0.15) is 16.8 Å². The second-order valence-corrected chi connectivity index (χ2v) is 3.93. The van der Waals surface area contributed by atoms with Crippen LogP contribution in [0, 0.1) is 0 Å². The normalized spacial score (nSPS) is 11.4. The van der Waals surface area contributed by atoms with Crippen molar-refractivity contribution in [2.45, 2.75) is 12.6 Å². The first-order valence-electron chi connectivity index (χ1n) is 4.28. The van der Waals surface area contributed by atoms with Crippen molar-refractivity contribution in [1.29, 1.82) is 0 Å². The van der Waals surface area contributed by atoms with Crippen LogP contribution in [-0.2, 0) is 0 Å². The number of alkyl halides is 3. The molecule has 0 saturated carbocycles. The van der Waals surface area contributed by atoms with Gasteiger partial charge in [-0.2, -0.15) is 13.2 Å². The van der Waals surface area contributed by atoms with Gasteiger partial charge in [0.15, 0.2) is 0 Å². The summed E-state index contributed by atoms with van der Waals surface area (Å²) in [7, 11) is 0. The summed E-state index contributed by atoms with van der Waals surface area (Å²) in [5, 5.41) is -0.320. The Hall–Kier alpha value is -0.970. The largest absolute Gasteiger partial charge is 0.389 e. The summed E-state index contributed by atoms with van der Waals surface area (Å²) < 4.78 is 35.4. The van der Waals surface area contributed by atoms with E-state index in [1.807, 2.05) is 0 Å². The molecule has 0 heterocycles. The summed E-state index contributed by atoms with van der Waals surface area (Å²) in [6.45, 7) is 0. The Labute approximate surface area is 89.7 Å². The van der Waals surface area contributed by atoms with Crippen molar-refractivity contribution in [2.24, 2.45) is 0 Å². The third-order valence-corrected chi connectivity index (χ3v) is 2.53. The molecule has 0 aliphatic carbocycles. The molecule has 0 saturated heterocycles. The van der Waals surface area contributed by atoms with Crippen LogP contribution < -0.4 is 0 Å². The zero-order chi connectivity index (χ0) is 11.3. The van der Waals surface area contributed by atoms with Gasteiger partial charge in [-0.05, 0) is 0 Å². The number of benzene rings is 1. The molecule has 0 atom stereocenters. The number of thioether (sulfide) groups is 1. The molecule has 1 aromatic carbocycles. The fourth-order valence-corrected chi connectivity index (χ4v) is 1.74. The van der Waals surface area contributed by atoms with Crippen LogP contribution in [0.2, 0.25) is 0 Å². The van der Waals surface area contributed by atoms with Crippen LogP contribution in [0.5, 0.6) is 0 Å². The first-order chi connectivity index (χ1) is 6.99. The van der Waals surface area contributed by atoms with Gasteiger partial charge in [0.1, 0.15) is 0 Å². The Balaban J connectivity index is 2.38. The molecule has 0 fully saturated rings. The fourth-order valence-electron chi connectivity index (χ4n) is 0.917. The number of hydrogen-bond donors (Lipinski definition) is 0. The Morgan fingerprint density at radius 3 is 2.33 bits per heavy atom. The maximum Gasteiger partial charge on any atom is 0.389 e. The van der Waals surface area contributed by atoms with Crippen LogP contribution in [-0.4, -0.2) is 17.0 Å². The summed E-state index contributed by atoms with van der Waals surface area (Å²) in [6.07, 6.45) is -5.12. The number of halogens is 3. The zero-order valence-corrected chi connectivity index (χ0v) is 8.57. The lowest BCUT2D eigenvalue weighted by atomic mass is 10.2. The highest BCUT2D eigenvalue weighted by molar-refractivity contribution is 8.14. The van der Waals surface area contributed by atoms with Gasteiger partial charge in [0.25, 0.3) is 0 Å². The second kappa shape index (κ2) is 5.21. The monoisotopic (exact) mass is 234 g/mol. The fraction of sp³-hybridized carbons (Fsp3) is 0.300. The first-order valence-corrected chi connectivity index (χ1v) is 5.26. The Kier molecular flexibility index (Phi) is 4.20. The van der Waals surface area contributed by atoms with Crippen LogP contribution >= 0.6 is 11.8 Å². The minimum Gasteiger partial charge on any atom is -0.282 e. The molecule has 15 heavy (non-hydrogen) atoms. The highest BCUT2D eigenvalue weighted by Gasteiger charge is 2.26. The van der Waals surface area contributed by atoms with E-state index >= 15 is 0 Å². The molecule has 0 aromatic heterocycles. The summed E-state index contributed by atoms with van der Waals surface area (Å²) in [4.78, 5) is 11.3. The van der Waals surface area contributed by atoms with E-state index in [4.69, 9.17) is 0 Å². The van der Waals surface area contributed by atoms with Crippen molar-refractivity contribution in [3.63, 3.8) is 0 Å². The molecule has 0 amide bonds. The van der Waals surface area contributed by atoms with E-state index in [9.17, 15) is 18.0 Å². The topological polar surface area (TPSA) is 17.1 Å². The molecule has 0 radical (unpaired) electrons. The van der Waals surface area contributed by atoms with Gasteiger partial charge in [-0.15, -0.1) is 0 Å². The quantitative estimate of drug-likeness (QED) is 0.796. The van der Waals surface area contributed by atoms with Crippen molar-refractivity contribution in [2.75, 3.05) is 5.75 Å². The molecule has 1 aromatic rings. The van der Waals surface area contributed by atoms with Crippen molar-refractivity contribution < 1.29 is 18.0 Å². The molecular formula is C10H9F3OS. The first kappa shape index (κ1) is 12.1. The van der Waals surface area contributed by atoms with Gasteiger partial charge < -0.3 is 0 Å².